The molecule has 1 N–H and O–H groups in total. The van der Waals surface area contributed by atoms with Crippen LogP contribution in [-0.2, 0) is 14.3 Å². The molecule has 0 aliphatic carbocycles. The first-order valence-electron chi connectivity index (χ1n) is 8.23. The van der Waals surface area contributed by atoms with Crippen molar-refractivity contribution < 1.29 is 28.8 Å². The smallest absolute Gasteiger partial charge is 0.338 e. The molecule has 1 amide bonds. The van der Waals surface area contributed by atoms with E-state index in [1.54, 1.807) is 24.4 Å². The van der Waals surface area contributed by atoms with Gasteiger partial charge in [-0.15, -0.1) is 11.3 Å². The Morgan fingerprint density at radius 3 is 2.54 bits per heavy atom. The third-order valence-electron chi connectivity index (χ3n) is 3.69. The Hall–Kier alpha value is -3.27. The Kier molecular flexibility index (Phi) is 7.21. The van der Waals surface area contributed by atoms with Crippen LogP contribution in [0.15, 0.2) is 35.7 Å². The summed E-state index contributed by atoms with van der Waals surface area (Å²) >= 11 is 1.34. The van der Waals surface area contributed by atoms with Crippen molar-refractivity contribution in [3.63, 3.8) is 0 Å². The molecule has 0 saturated heterocycles. The van der Waals surface area contributed by atoms with Gasteiger partial charge in [-0.3, -0.25) is 19.7 Å². The zero-order valence-corrected chi connectivity index (χ0v) is 16.0. The van der Waals surface area contributed by atoms with E-state index in [-0.39, 0.29) is 24.2 Å². The number of carbonyl (C=O) groups is 3. The number of amides is 1. The second-order valence-corrected chi connectivity index (χ2v) is 6.55. The first-order chi connectivity index (χ1) is 13.3. The largest absolute Gasteiger partial charge is 0.469 e. The van der Waals surface area contributed by atoms with Gasteiger partial charge in [-0.1, -0.05) is 6.07 Å². The molecule has 10 heteroatoms. The van der Waals surface area contributed by atoms with Crippen molar-refractivity contribution in [3.8, 4) is 0 Å². The van der Waals surface area contributed by atoms with Crippen LogP contribution in [0.5, 0.6) is 0 Å². The monoisotopic (exact) mass is 406 g/mol. The Morgan fingerprint density at radius 2 is 1.96 bits per heavy atom. The number of rotatable bonds is 8. The Bertz CT molecular complexity index is 880. The molecular weight excluding hydrogens is 388 g/mol. The quantitative estimate of drug-likeness (QED) is 0.406. The summed E-state index contributed by atoms with van der Waals surface area (Å²) in [7, 11) is 1.24. The zero-order chi connectivity index (χ0) is 20.7. The summed E-state index contributed by atoms with van der Waals surface area (Å²) in [6.45, 7) is 1.68. The normalized spacial score (nSPS) is 11.4. The van der Waals surface area contributed by atoms with Gasteiger partial charge < -0.3 is 14.8 Å². The van der Waals surface area contributed by atoms with Crippen LogP contribution < -0.4 is 5.32 Å². The van der Waals surface area contributed by atoms with Crippen molar-refractivity contribution in [1.82, 2.24) is 5.32 Å². The first-order valence-corrected chi connectivity index (χ1v) is 9.11. The maximum Gasteiger partial charge on any atom is 0.338 e. The number of nitro benzene ring substituents is 1. The van der Waals surface area contributed by atoms with Crippen LogP contribution in [0.4, 0.5) is 5.69 Å². The molecule has 0 bridgehead atoms. The van der Waals surface area contributed by atoms with Gasteiger partial charge in [0.25, 0.3) is 11.6 Å². The van der Waals surface area contributed by atoms with Crippen molar-refractivity contribution in [2.24, 2.45) is 0 Å². The van der Waals surface area contributed by atoms with Gasteiger partial charge in [-0.05, 0) is 24.4 Å². The van der Waals surface area contributed by atoms with E-state index < -0.39 is 34.5 Å². The predicted octanol–water partition coefficient (Wildman–Crippen LogP) is 2.87. The highest BCUT2D eigenvalue weighted by atomic mass is 32.1. The summed E-state index contributed by atoms with van der Waals surface area (Å²) in [5.41, 5.74) is -0.623. The third-order valence-corrected chi connectivity index (χ3v) is 4.68. The van der Waals surface area contributed by atoms with Gasteiger partial charge in [0, 0.05) is 22.6 Å². The average Bonchev–Trinajstić information content (AvgIpc) is 3.21. The van der Waals surface area contributed by atoms with Crippen LogP contribution in [0.25, 0.3) is 0 Å². The molecular formula is C18H18N2O7S. The molecule has 2 aromatic rings. The summed E-state index contributed by atoms with van der Waals surface area (Å²) in [6, 6.07) is 6.15. The average molecular weight is 406 g/mol. The van der Waals surface area contributed by atoms with Gasteiger partial charge in [0.05, 0.1) is 36.7 Å². The maximum atomic E-state index is 12.7. The summed E-state index contributed by atoms with van der Waals surface area (Å²) in [4.78, 5) is 47.5. The number of nitrogens with zero attached hydrogens (tertiary/aromatic N) is 1. The molecule has 148 valence electrons. The van der Waals surface area contributed by atoms with Gasteiger partial charge in [0.15, 0.2) is 0 Å². The molecule has 0 spiro atoms. The zero-order valence-electron chi connectivity index (χ0n) is 15.2. The van der Waals surface area contributed by atoms with Crippen LogP contribution >= 0.6 is 11.3 Å². The number of nitro groups is 1. The van der Waals surface area contributed by atoms with E-state index in [2.05, 4.69) is 10.1 Å². The Morgan fingerprint density at radius 1 is 1.25 bits per heavy atom. The number of hydrogen-bond donors (Lipinski definition) is 1. The lowest BCUT2D eigenvalue weighted by atomic mass is 10.1. The minimum Gasteiger partial charge on any atom is -0.469 e. The fraction of sp³-hybridized carbons (Fsp3) is 0.278. The molecule has 0 aliphatic heterocycles. The van der Waals surface area contributed by atoms with E-state index in [0.717, 1.165) is 17.0 Å². The number of hydrogen-bond acceptors (Lipinski definition) is 8. The second-order valence-electron chi connectivity index (χ2n) is 5.57. The fourth-order valence-corrected chi connectivity index (χ4v) is 3.16. The number of methoxy groups -OCH3 is 1. The molecule has 1 atom stereocenters. The third kappa shape index (κ3) is 5.36. The van der Waals surface area contributed by atoms with E-state index >= 15 is 0 Å². The van der Waals surface area contributed by atoms with Crippen LogP contribution in [0, 0.1) is 10.1 Å². The summed E-state index contributed by atoms with van der Waals surface area (Å²) in [5, 5.41) is 15.6. The van der Waals surface area contributed by atoms with Crippen molar-refractivity contribution in [3.05, 3.63) is 61.8 Å². The van der Waals surface area contributed by atoms with Crippen LogP contribution in [0.3, 0.4) is 0 Å². The molecule has 1 aromatic heterocycles. The number of non-ortho nitro benzene ring substituents is 1. The van der Waals surface area contributed by atoms with Gasteiger partial charge in [0.1, 0.15) is 0 Å². The number of ether oxygens (including phenoxy) is 2. The summed E-state index contributed by atoms with van der Waals surface area (Å²) in [6.07, 6.45) is -0.109. The highest BCUT2D eigenvalue weighted by Gasteiger charge is 2.23. The molecule has 1 aromatic carbocycles. The molecule has 0 aliphatic rings. The second kappa shape index (κ2) is 9.60. The number of nitrogens with one attached hydrogen (secondary N) is 1. The van der Waals surface area contributed by atoms with E-state index in [4.69, 9.17) is 4.74 Å². The number of esters is 2. The van der Waals surface area contributed by atoms with Crippen molar-refractivity contribution in [2.75, 3.05) is 13.7 Å². The molecule has 0 fully saturated rings. The predicted molar refractivity (Wildman–Crippen MR) is 100 cm³/mol. The molecule has 0 radical (unpaired) electrons. The molecule has 2 rings (SSSR count). The molecule has 0 saturated carbocycles. The summed E-state index contributed by atoms with van der Waals surface area (Å²) in [5.74, 6) is -1.97. The lowest BCUT2D eigenvalue weighted by molar-refractivity contribution is -0.384. The summed E-state index contributed by atoms with van der Waals surface area (Å²) < 4.78 is 9.51. The van der Waals surface area contributed by atoms with Gasteiger partial charge >= 0.3 is 11.9 Å². The van der Waals surface area contributed by atoms with Crippen LogP contribution in [0.2, 0.25) is 0 Å². The van der Waals surface area contributed by atoms with Gasteiger partial charge in [-0.25, -0.2) is 4.79 Å². The lowest BCUT2D eigenvalue weighted by Gasteiger charge is -2.16. The van der Waals surface area contributed by atoms with E-state index in [9.17, 15) is 24.5 Å². The Labute approximate surface area is 164 Å². The van der Waals surface area contributed by atoms with Crippen molar-refractivity contribution in [2.45, 2.75) is 19.4 Å². The van der Waals surface area contributed by atoms with Gasteiger partial charge in [-0.2, -0.15) is 0 Å². The first kappa shape index (κ1) is 21.0. The fourth-order valence-electron chi connectivity index (χ4n) is 2.38. The topological polar surface area (TPSA) is 125 Å². The maximum absolute atomic E-state index is 12.7. The van der Waals surface area contributed by atoms with Crippen molar-refractivity contribution >= 4 is 34.9 Å². The molecule has 1 unspecified atom stereocenters. The van der Waals surface area contributed by atoms with E-state index in [1.165, 1.54) is 24.5 Å². The number of carbonyl (C=O) groups excluding carboxylic acids is 3. The minimum atomic E-state index is -0.774. The van der Waals surface area contributed by atoms with Crippen LogP contribution in [0.1, 0.15) is 45.0 Å². The van der Waals surface area contributed by atoms with Crippen molar-refractivity contribution in [1.29, 1.82) is 0 Å². The highest BCUT2D eigenvalue weighted by molar-refractivity contribution is 7.10. The minimum absolute atomic E-state index is 0.0859. The Balaban J connectivity index is 2.33. The molecule has 9 nitrogen and oxygen atoms in total. The molecule has 1 heterocycles. The lowest BCUT2D eigenvalue weighted by Crippen LogP contribution is -2.30. The molecule has 28 heavy (non-hydrogen) atoms. The SMILES string of the molecule is CCOC(=O)c1cc(C(=O)NC(CC(=O)OC)c2cccs2)cc([N+](=O)[O-])c1. The van der Waals surface area contributed by atoms with Crippen LogP contribution in [-0.4, -0.2) is 36.5 Å². The van der Waals surface area contributed by atoms with E-state index in [0.29, 0.717) is 0 Å². The van der Waals surface area contributed by atoms with Gasteiger partial charge in [0.2, 0.25) is 0 Å². The number of benzene rings is 1. The van der Waals surface area contributed by atoms with E-state index in [1.807, 2.05) is 0 Å². The standard InChI is InChI=1S/C18H18N2O7S/c1-3-27-18(23)12-7-11(8-13(9-12)20(24)25)17(22)19-14(10-16(21)26-2)15-5-4-6-28-15/h4-9,14H,3,10H2,1-2H3,(H,19,22). The highest BCUT2D eigenvalue weighted by Crippen LogP contribution is 2.24. The number of thiophene rings is 1.